The van der Waals surface area contributed by atoms with Crippen molar-refractivity contribution in [2.24, 2.45) is 0 Å². The number of rotatable bonds is 18. The summed E-state index contributed by atoms with van der Waals surface area (Å²) in [6, 6.07) is 7.31. The summed E-state index contributed by atoms with van der Waals surface area (Å²) in [5, 5.41) is 4.50. The van der Waals surface area contributed by atoms with Gasteiger partial charge in [0.15, 0.2) is 9.87 Å². The molecule has 2 unspecified atom stereocenters. The molecule has 3 rings (SSSR count). The quantitative estimate of drug-likeness (QED) is 0.0825. The van der Waals surface area contributed by atoms with E-state index in [9.17, 15) is 9.59 Å². The second-order valence-corrected chi connectivity index (χ2v) is 21.2. The predicted octanol–water partition coefficient (Wildman–Crippen LogP) is 8.49. The molecular weight excluding hydrogens is 689 g/mol. The molecule has 2 aliphatic rings. The van der Waals surface area contributed by atoms with Gasteiger partial charge in [-0.1, -0.05) is 19.2 Å². The Labute approximate surface area is 284 Å². The van der Waals surface area contributed by atoms with Crippen molar-refractivity contribution < 1.29 is 28.5 Å². The van der Waals surface area contributed by atoms with Gasteiger partial charge in [0.1, 0.15) is 24.7 Å². The molecule has 1 aromatic carbocycles. The SMILES string of the molecule is C=CC(=O)OC(C)(COc1cccc(OCC(C)(OC(=O)C=C)SCCC2SCSCS2)c1)SCCC1SCSCS1. The number of hydrogen-bond acceptors (Lipinski definition) is 14. The third-order valence-electron chi connectivity index (χ3n) is 5.64. The van der Waals surface area contributed by atoms with Gasteiger partial charge in [-0.3, -0.25) is 0 Å². The highest BCUT2D eigenvalue weighted by molar-refractivity contribution is 8.33. The van der Waals surface area contributed by atoms with Crippen LogP contribution in [0.15, 0.2) is 49.6 Å². The molecule has 0 aliphatic carbocycles. The van der Waals surface area contributed by atoms with E-state index in [0.717, 1.165) is 44.7 Å². The average molecular weight is 727 g/mol. The van der Waals surface area contributed by atoms with Crippen LogP contribution < -0.4 is 9.47 Å². The molecule has 0 radical (unpaired) electrons. The van der Waals surface area contributed by atoms with E-state index in [1.807, 2.05) is 103 Å². The van der Waals surface area contributed by atoms with E-state index in [-0.39, 0.29) is 13.2 Å². The van der Waals surface area contributed by atoms with Crippen molar-refractivity contribution in [3.8, 4) is 11.5 Å². The summed E-state index contributed by atoms with van der Waals surface area (Å²) in [6.07, 6.45) is 4.40. The Morgan fingerprint density at radius 2 is 1.21 bits per heavy atom. The Hall–Kier alpha value is 0.0400. The summed E-state index contributed by atoms with van der Waals surface area (Å²) in [5.74, 6) is 1.92. The van der Waals surface area contributed by atoms with Gasteiger partial charge in [0.05, 0.1) is 9.16 Å². The Balaban J connectivity index is 1.55. The average Bonchev–Trinajstić information content (AvgIpc) is 3.00. The van der Waals surface area contributed by atoms with Gasteiger partial charge < -0.3 is 18.9 Å². The number of hydrogen-bond donors (Lipinski definition) is 0. The molecule has 14 heteroatoms. The fourth-order valence-corrected chi connectivity index (χ4v) is 15.9. The van der Waals surface area contributed by atoms with Crippen LogP contribution in [0.4, 0.5) is 0 Å². The smallest absolute Gasteiger partial charge is 0.331 e. The molecular formula is C28H38O6S8. The van der Waals surface area contributed by atoms with Crippen molar-refractivity contribution in [2.45, 2.75) is 45.7 Å². The molecule has 2 atom stereocenters. The summed E-state index contributed by atoms with van der Waals surface area (Å²) in [6.45, 7) is 11.2. The van der Waals surface area contributed by atoms with E-state index in [1.54, 1.807) is 29.6 Å². The van der Waals surface area contributed by atoms with Crippen LogP contribution in [0.25, 0.3) is 0 Å². The van der Waals surface area contributed by atoms with E-state index in [2.05, 4.69) is 13.2 Å². The summed E-state index contributed by atoms with van der Waals surface area (Å²) in [5.41, 5.74) is 0. The number of carbonyl (C=O) groups excluding carboxylic acids is 2. The topological polar surface area (TPSA) is 71.1 Å². The first kappa shape index (κ1) is 36.5. The van der Waals surface area contributed by atoms with Gasteiger partial charge in [-0.05, 0) is 50.3 Å². The molecule has 2 heterocycles. The summed E-state index contributed by atoms with van der Waals surface area (Å²) in [7, 11) is 0. The lowest BCUT2D eigenvalue weighted by Crippen LogP contribution is -2.35. The highest BCUT2D eigenvalue weighted by Gasteiger charge is 2.32. The van der Waals surface area contributed by atoms with Crippen molar-refractivity contribution in [2.75, 3.05) is 45.1 Å². The number of ether oxygens (including phenoxy) is 4. The molecule has 6 nitrogen and oxygen atoms in total. The summed E-state index contributed by atoms with van der Waals surface area (Å²) >= 11 is 15.0. The van der Waals surface area contributed by atoms with Gasteiger partial charge in [0.25, 0.3) is 0 Å². The van der Waals surface area contributed by atoms with E-state index in [1.165, 1.54) is 12.2 Å². The van der Waals surface area contributed by atoms with Crippen LogP contribution in [-0.2, 0) is 19.1 Å². The third kappa shape index (κ3) is 14.0. The molecule has 234 valence electrons. The molecule has 0 amide bonds. The molecule has 2 saturated heterocycles. The number of carbonyl (C=O) groups is 2. The highest BCUT2D eigenvalue weighted by Crippen LogP contribution is 2.41. The number of esters is 2. The van der Waals surface area contributed by atoms with Crippen molar-refractivity contribution in [3.63, 3.8) is 0 Å². The summed E-state index contributed by atoms with van der Waals surface area (Å²) < 4.78 is 24.8. The Kier molecular flexibility index (Phi) is 17.0. The molecule has 0 aromatic heterocycles. The first-order valence-electron chi connectivity index (χ1n) is 13.2. The lowest BCUT2D eigenvalue weighted by Gasteiger charge is -2.30. The van der Waals surface area contributed by atoms with E-state index in [4.69, 9.17) is 18.9 Å². The molecule has 1 aromatic rings. The van der Waals surface area contributed by atoms with Crippen LogP contribution in [0, 0.1) is 0 Å². The zero-order valence-electron chi connectivity index (χ0n) is 23.8. The minimum absolute atomic E-state index is 0.168. The van der Waals surface area contributed by atoms with Gasteiger partial charge in [0.2, 0.25) is 0 Å². The second kappa shape index (κ2) is 19.5. The molecule has 0 saturated carbocycles. The maximum Gasteiger partial charge on any atom is 0.331 e. The highest BCUT2D eigenvalue weighted by atomic mass is 32.3. The van der Waals surface area contributed by atoms with E-state index >= 15 is 0 Å². The third-order valence-corrected chi connectivity index (χ3v) is 17.1. The first-order valence-corrected chi connectivity index (χ1v) is 21.7. The Bertz CT molecular complexity index is 945. The van der Waals surface area contributed by atoms with Crippen molar-refractivity contribution in [1.29, 1.82) is 0 Å². The van der Waals surface area contributed by atoms with Crippen molar-refractivity contribution in [1.82, 2.24) is 0 Å². The molecule has 2 aliphatic heterocycles. The van der Waals surface area contributed by atoms with E-state index < -0.39 is 21.8 Å². The predicted molar refractivity (Wildman–Crippen MR) is 194 cm³/mol. The van der Waals surface area contributed by atoms with Crippen molar-refractivity contribution >= 4 is 106 Å². The van der Waals surface area contributed by atoms with Gasteiger partial charge in [-0.2, -0.15) is 0 Å². The largest absolute Gasteiger partial charge is 0.488 e. The van der Waals surface area contributed by atoms with E-state index in [0.29, 0.717) is 20.7 Å². The van der Waals surface area contributed by atoms with Crippen LogP contribution in [0.5, 0.6) is 11.5 Å². The van der Waals surface area contributed by atoms with Crippen LogP contribution in [0.3, 0.4) is 0 Å². The molecule has 0 spiro atoms. The van der Waals surface area contributed by atoms with Gasteiger partial charge in [0, 0.05) is 38.6 Å². The Morgan fingerprint density at radius 1 is 0.810 bits per heavy atom. The standard InChI is InChI=1S/C28H38O6S8/c1-5-23(29)33-27(3,41-12-10-25-37-17-35-18-38-25)15-31-21-8-7-9-22(14-21)32-16-28(4,34-24(30)6-2)42-13-11-26-39-19-36-20-40-26/h5-9,14,25-26H,1-2,10-13,15-20H2,3-4H3. The van der Waals surface area contributed by atoms with Gasteiger partial charge in [-0.25, -0.2) is 9.59 Å². The monoisotopic (exact) mass is 726 g/mol. The summed E-state index contributed by atoms with van der Waals surface area (Å²) in [4.78, 5) is 22.5. The maximum atomic E-state index is 12.1. The lowest BCUT2D eigenvalue weighted by molar-refractivity contribution is -0.146. The van der Waals surface area contributed by atoms with Crippen LogP contribution >= 0.6 is 94.1 Å². The van der Waals surface area contributed by atoms with Crippen LogP contribution in [-0.4, -0.2) is 76.0 Å². The first-order chi connectivity index (χ1) is 20.2. The number of benzene rings is 1. The maximum absolute atomic E-state index is 12.1. The minimum Gasteiger partial charge on any atom is -0.488 e. The number of thioether (sulfide) groups is 8. The zero-order valence-corrected chi connectivity index (χ0v) is 30.4. The fourth-order valence-electron chi connectivity index (χ4n) is 3.53. The van der Waals surface area contributed by atoms with Crippen molar-refractivity contribution in [3.05, 3.63) is 49.6 Å². The van der Waals surface area contributed by atoms with Gasteiger partial charge in [-0.15, -0.1) is 94.1 Å². The molecule has 0 bridgehead atoms. The van der Waals surface area contributed by atoms with Crippen LogP contribution in [0.2, 0.25) is 0 Å². The second-order valence-electron chi connectivity index (χ2n) is 9.25. The van der Waals surface area contributed by atoms with Crippen LogP contribution in [0.1, 0.15) is 26.7 Å². The fraction of sp³-hybridized carbons (Fsp3) is 0.571. The normalized spacial score (nSPS) is 19.1. The zero-order chi connectivity index (χ0) is 30.3. The minimum atomic E-state index is -0.872. The lowest BCUT2D eigenvalue weighted by atomic mass is 10.3. The molecule has 42 heavy (non-hydrogen) atoms. The molecule has 2 fully saturated rings. The Morgan fingerprint density at radius 3 is 1.60 bits per heavy atom. The molecule has 0 N–H and O–H groups in total. The van der Waals surface area contributed by atoms with Gasteiger partial charge >= 0.3 is 11.9 Å².